The van der Waals surface area contributed by atoms with Gasteiger partial charge in [0.15, 0.2) is 0 Å². The van der Waals surface area contributed by atoms with Crippen LogP contribution in [0.5, 0.6) is 5.75 Å². The number of carbonyl (C=O) groups excluding carboxylic acids is 3. The van der Waals surface area contributed by atoms with Gasteiger partial charge in [0, 0.05) is 18.7 Å². The van der Waals surface area contributed by atoms with Gasteiger partial charge in [-0.05, 0) is 36.8 Å². The van der Waals surface area contributed by atoms with Crippen LogP contribution in [0.2, 0.25) is 0 Å². The quantitative estimate of drug-likeness (QED) is 0.741. The zero-order chi connectivity index (χ0) is 21.9. The highest BCUT2D eigenvalue weighted by Crippen LogP contribution is 2.35. The Kier molecular flexibility index (Phi) is 5.95. The molecule has 30 heavy (non-hydrogen) atoms. The van der Waals surface area contributed by atoms with Crippen molar-refractivity contribution < 1.29 is 32.3 Å². The fraction of sp³-hybridized carbons (Fsp3) is 0.250. The third-order valence-corrected chi connectivity index (χ3v) is 4.49. The van der Waals surface area contributed by atoms with Crippen LogP contribution in [0, 0.1) is 0 Å². The van der Waals surface area contributed by atoms with Crippen molar-refractivity contribution in [1.82, 2.24) is 0 Å². The number of amides is 3. The van der Waals surface area contributed by atoms with Crippen molar-refractivity contribution >= 4 is 34.8 Å². The Balaban J connectivity index is 1.76. The number of alkyl halides is 3. The molecule has 0 unspecified atom stereocenters. The molecule has 1 fully saturated rings. The molecule has 1 aliphatic rings. The number of anilines is 3. The molecular weight excluding hydrogens is 403 g/mol. The van der Waals surface area contributed by atoms with E-state index in [1.165, 1.54) is 42.3 Å². The van der Waals surface area contributed by atoms with Crippen LogP contribution in [0.1, 0.15) is 18.4 Å². The van der Waals surface area contributed by atoms with Gasteiger partial charge in [0.05, 0.1) is 24.0 Å². The minimum atomic E-state index is -4.69. The fourth-order valence-corrected chi connectivity index (χ4v) is 3.09. The van der Waals surface area contributed by atoms with Crippen LogP contribution >= 0.6 is 0 Å². The molecule has 7 nitrogen and oxygen atoms in total. The van der Waals surface area contributed by atoms with E-state index in [1.54, 1.807) is 0 Å². The Morgan fingerprint density at radius 2 is 1.77 bits per heavy atom. The van der Waals surface area contributed by atoms with Crippen molar-refractivity contribution in [2.75, 3.05) is 29.2 Å². The molecule has 0 atom stereocenters. The molecule has 158 valence electrons. The summed E-state index contributed by atoms with van der Waals surface area (Å²) in [6, 6.07) is 8.79. The predicted octanol–water partition coefficient (Wildman–Crippen LogP) is 3.42. The van der Waals surface area contributed by atoms with Crippen molar-refractivity contribution in [3.8, 4) is 5.75 Å². The molecule has 0 saturated carbocycles. The topological polar surface area (TPSA) is 87.7 Å². The van der Waals surface area contributed by atoms with Gasteiger partial charge in [0.25, 0.3) is 0 Å². The summed E-state index contributed by atoms with van der Waals surface area (Å²) in [5.41, 5.74) is -0.968. The number of hydrogen-bond acceptors (Lipinski definition) is 4. The Morgan fingerprint density at radius 3 is 2.40 bits per heavy atom. The number of rotatable bonds is 4. The number of carbonyl (C=O) groups is 3. The number of halogens is 3. The van der Waals surface area contributed by atoms with Gasteiger partial charge in [-0.2, -0.15) is 13.2 Å². The number of benzene rings is 2. The first-order valence-corrected chi connectivity index (χ1v) is 8.97. The van der Waals surface area contributed by atoms with E-state index in [4.69, 9.17) is 4.74 Å². The Labute approximate surface area is 169 Å². The number of nitrogens with one attached hydrogen (secondary N) is 2. The van der Waals surface area contributed by atoms with Gasteiger partial charge >= 0.3 is 18.0 Å². The van der Waals surface area contributed by atoms with Crippen molar-refractivity contribution in [2.45, 2.75) is 19.0 Å². The van der Waals surface area contributed by atoms with E-state index in [9.17, 15) is 27.6 Å². The van der Waals surface area contributed by atoms with Gasteiger partial charge in [-0.1, -0.05) is 12.1 Å². The summed E-state index contributed by atoms with van der Waals surface area (Å²) in [4.78, 5) is 37.9. The van der Waals surface area contributed by atoms with Crippen LogP contribution < -0.4 is 20.3 Å². The van der Waals surface area contributed by atoms with Crippen LogP contribution in [0.25, 0.3) is 0 Å². The van der Waals surface area contributed by atoms with E-state index < -0.39 is 29.2 Å². The van der Waals surface area contributed by atoms with Crippen molar-refractivity contribution in [2.24, 2.45) is 0 Å². The first-order chi connectivity index (χ1) is 14.2. The fourth-order valence-electron chi connectivity index (χ4n) is 3.09. The van der Waals surface area contributed by atoms with Gasteiger partial charge in [-0.15, -0.1) is 0 Å². The smallest absolute Gasteiger partial charge is 0.418 e. The maximum atomic E-state index is 13.0. The van der Waals surface area contributed by atoms with Crippen LogP contribution in [0.4, 0.5) is 30.2 Å². The molecule has 3 rings (SSSR count). The summed E-state index contributed by atoms with van der Waals surface area (Å²) in [5, 5.41) is 4.30. The largest absolute Gasteiger partial charge is 0.495 e. The van der Waals surface area contributed by atoms with Gasteiger partial charge in [0.1, 0.15) is 5.75 Å². The molecule has 0 radical (unpaired) electrons. The average molecular weight is 421 g/mol. The van der Waals surface area contributed by atoms with E-state index in [2.05, 4.69) is 5.32 Å². The van der Waals surface area contributed by atoms with E-state index >= 15 is 0 Å². The van der Waals surface area contributed by atoms with Crippen LogP contribution in [-0.2, 0) is 20.6 Å². The lowest BCUT2D eigenvalue weighted by Crippen LogP contribution is -2.30. The maximum absolute atomic E-state index is 13.0. The molecule has 1 aliphatic heterocycles. The third kappa shape index (κ3) is 4.53. The molecule has 0 aliphatic carbocycles. The Hall–Kier alpha value is -3.56. The van der Waals surface area contributed by atoms with E-state index in [-0.39, 0.29) is 11.6 Å². The molecule has 2 aromatic carbocycles. The lowest BCUT2D eigenvalue weighted by molar-refractivity contribution is -0.137. The lowest BCUT2D eigenvalue weighted by atomic mass is 10.1. The molecule has 2 N–H and O–H groups in total. The highest BCUT2D eigenvalue weighted by atomic mass is 19.4. The predicted molar refractivity (Wildman–Crippen MR) is 103 cm³/mol. The molecule has 1 heterocycles. The SMILES string of the molecule is COc1ccc(NC(=O)C(=O)Nc2ccccc2C(F)(F)F)cc1N1CCCC1=O. The normalized spacial score (nSPS) is 13.9. The summed E-state index contributed by atoms with van der Waals surface area (Å²) in [5.74, 6) is -2.11. The minimum absolute atomic E-state index is 0.0988. The van der Waals surface area contributed by atoms with Gasteiger partial charge in [-0.25, -0.2) is 0 Å². The van der Waals surface area contributed by atoms with E-state index in [0.717, 1.165) is 12.1 Å². The molecule has 0 spiro atoms. The van der Waals surface area contributed by atoms with Crippen molar-refractivity contribution in [3.05, 3.63) is 48.0 Å². The molecule has 10 heteroatoms. The summed E-state index contributed by atoms with van der Waals surface area (Å²) >= 11 is 0. The summed E-state index contributed by atoms with van der Waals surface area (Å²) in [6.45, 7) is 0.487. The molecule has 2 aromatic rings. The first kappa shape index (κ1) is 21.2. The standard InChI is InChI=1S/C20H18F3N3O4/c1-30-16-9-8-12(11-15(16)26-10-4-7-17(26)27)24-18(28)19(29)25-14-6-3-2-5-13(14)20(21,22)23/h2-3,5-6,8-9,11H,4,7,10H2,1H3,(H,24,28)(H,25,29). The van der Waals surface area contributed by atoms with Gasteiger partial charge < -0.3 is 20.3 Å². The zero-order valence-electron chi connectivity index (χ0n) is 15.9. The van der Waals surface area contributed by atoms with Crippen molar-refractivity contribution in [1.29, 1.82) is 0 Å². The Bertz CT molecular complexity index is 992. The van der Waals surface area contributed by atoms with Gasteiger partial charge in [0.2, 0.25) is 5.91 Å². The average Bonchev–Trinajstić information content (AvgIpc) is 3.13. The molecule has 0 aromatic heterocycles. The molecular formula is C20H18F3N3O4. The number of hydrogen-bond donors (Lipinski definition) is 2. The summed E-state index contributed by atoms with van der Waals surface area (Å²) in [7, 11) is 1.43. The lowest BCUT2D eigenvalue weighted by Gasteiger charge is -2.20. The molecule has 3 amide bonds. The highest BCUT2D eigenvalue weighted by molar-refractivity contribution is 6.43. The monoisotopic (exact) mass is 421 g/mol. The summed E-state index contributed by atoms with van der Waals surface area (Å²) < 4.78 is 44.4. The maximum Gasteiger partial charge on any atom is 0.418 e. The molecule has 1 saturated heterocycles. The zero-order valence-corrected chi connectivity index (χ0v) is 15.9. The van der Waals surface area contributed by atoms with Crippen LogP contribution in [0.3, 0.4) is 0 Å². The second-order valence-corrected chi connectivity index (χ2v) is 6.49. The van der Waals surface area contributed by atoms with Crippen LogP contribution in [0.15, 0.2) is 42.5 Å². The second-order valence-electron chi connectivity index (χ2n) is 6.49. The number of ether oxygens (including phenoxy) is 1. The third-order valence-electron chi connectivity index (χ3n) is 4.49. The van der Waals surface area contributed by atoms with Crippen molar-refractivity contribution in [3.63, 3.8) is 0 Å². The number of para-hydroxylation sites is 1. The number of nitrogens with zero attached hydrogens (tertiary/aromatic N) is 1. The molecule has 0 bridgehead atoms. The minimum Gasteiger partial charge on any atom is -0.495 e. The number of methoxy groups -OCH3 is 1. The van der Waals surface area contributed by atoms with E-state index in [0.29, 0.717) is 30.8 Å². The van der Waals surface area contributed by atoms with Gasteiger partial charge in [-0.3, -0.25) is 14.4 Å². The summed E-state index contributed by atoms with van der Waals surface area (Å²) in [6.07, 6.45) is -3.62. The Morgan fingerprint density at radius 1 is 1.07 bits per heavy atom. The highest BCUT2D eigenvalue weighted by Gasteiger charge is 2.34. The van der Waals surface area contributed by atoms with E-state index in [1.807, 2.05) is 5.32 Å². The second kappa shape index (κ2) is 8.44. The first-order valence-electron chi connectivity index (χ1n) is 8.97. The van der Waals surface area contributed by atoms with Crippen LogP contribution in [-0.4, -0.2) is 31.4 Å².